The zero-order valence-electron chi connectivity index (χ0n) is 12.9. The van der Waals surface area contributed by atoms with Crippen LogP contribution in [0.25, 0.3) is 6.08 Å². The molecule has 0 aliphatic carbocycles. The van der Waals surface area contributed by atoms with Gasteiger partial charge in [0, 0.05) is 18.0 Å². The predicted octanol–water partition coefficient (Wildman–Crippen LogP) is 2.00. The molecule has 3 rings (SSSR count). The average Bonchev–Trinajstić information content (AvgIpc) is 2.59. The van der Waals surface area contributed by atoms with Gasteiger partial charge in [0.2, 0.25) is 0 Å². The number of benzene rings is 1. The van der Waals surface area contributed by atoms with E-state index >= 15 is 0 Å². The first-order chi connectivity index (χ1) is 12.0. The summed E-state index contributed by atoms with van der Waals surface area (Å²) in [5.74, 6) is -2.30. The molecule has 7 nitrogen and oxygen atoms in total. The molecular weight excluding hydrogens is 347 g/mol. The molecule has 9 heteroatoms. The van der Waals surface area contributed by atoms with Crippen molar-refractivity contribution in [2.75, 3.05) is 11.2 Å². The molecule has 4 amide bonds. The summed E-state index contributed by atoms with van der Waals surface area (Å²) in [4.78, 5) is 45.4. The maximum Gasteiger partial charge on any atom is 0.335 e. The molecule has 1 aliphatic heterocycles. The van der Waals surface area contributed by atoms with E-state index in [1.165, 1.54) is 48.4 Å². The molecule has 0 bridgehead atoms. The second-order valence-corrected chi connectivity index (χ2v) is 5.71. The molecule has 25 heavy (non-hydrogen) atoms. The predicted molar refractivity (Wildman–Crippen MR) is 89.2 cm³/mol. The van der Waals surface area contributed by atoms with Crippen LogP contribution in [0.2, 0.25) is 0 Å². The number of hydrogen-bond acceptors (Lipinski definition) is 6. The summed E-state index contributed by atoms with van der Waals surface area (Å²) in [6.45, 7) is 0. The molecule has 1 aliphatic rings. The number of carbonyl (C=O) groups excluding carboxylic acids is 3. The number of halogens is 1. The number of aromatic nitrogens is 2. The van der Waals surface area contributed by atoms with E-state index in [-0.39, 0.29) is 11.3 Å². The van der Waals surface area contributed by atoms with Crippen LogP contribution in [0, 0.1) is 5.82 Å². The highest BCUT2D eigenvalue weighted by Crippen LogP contribution is 2.22. The molecule has 1 aromatic carbocycles. The van der Waals surface area contributed by atoms with Crippen LogP contribution in [0.15, 0.2) is 47.4 Å². The van der Waals surface area contributed by atoms with E-state index in [4.69, 9.17) is 0 Å². The maximum atomic E-state index is 13.4. The van der Waals surface area contributed by atoms with E-state index in [1.807, 2.05) is 6.26 Å². The van der Waals surface area contributed by atoms with Gasteiger partial charge in [-0.2, -0.15) is 0 Å². The number of anilines is 1. The number of barbiturate groups is 1. The van der Waals surface area contributed by atoms with Crippen molar-refractivity contribution in [2.24, 2.45) is 0 Å². The Kier molecular flexibility index (Phi) is 4.57. The maximum absolute atomic E-state index is 13.4. The second kappa shape index (κ2) is 6.81. The zero-order chi connectivity index (χ0) is 18.0. The summed E-state index contributed by atoms with van der Waals surface area (Å²) in [6, 6.07) is 4.03. The molecule has 2 aromatic rings. The Hall–Kier alpha value is -3.07. The highest BCUT2D eigenvalue weighted by atomic mass is 32.2. The van der Waals surface area contributed by atoms with Crippen molar-refractivity contribution in [2.45, 2.75) is 5.16 Å². The quantitative estimate of drug-likeness (QED) is 0.390. The summed E-state index contributed by atoms with van der Waals surface area (Å²) in [6.07, 6.45) is 6.00. The number of amides is 4. The molecular formula is C16H11FN4O3S. The lowest BCUT2D eigenvalue weighted by Crippen LogP contribution is -2.54. The van der Waals surface area contributed by atoms with Gasteiger partial charge in [-0.25, -0.2) is 24.1 Å². The van der Waals surface area contributed by atoms with E-state index in [2.05, 4.69) is 15.3 Å². The minimum Gasteiger partial charge on any atom is -0.273 e. The van der Waals surface area contributed by atoms with Gasteiger partial charge in [0.25, 0.3) is 11.8 Å². The normalized spacial score (nSPS) is 16.3. The fourth-order valence-electron chi connectivity index (χ4n) is 2.18. The van der Waals surface area contributed by atoms with E-state index in [1.54, 1.807) is 0 Å². The number of rotatable bonds is 3. The first kappa shape index (κ1) is 16.8. The lowest BCUT2D eigenvalue weighted by molar-refractivity contribution is -0.122. The molecule has 1 aromatic heterocycles. The van der Waals surface area contributed by atoms with E-state index in [0.29, 0.717) is 15.6 Å². The van der Waals surface area contributed by atoms with Crippen LogP contribution < -0.4 is 10.2 Å². The molecule has 0 radical (unpaired) electrons. The molecule has 0 atom stereocenters. The van der Waals surface area contributed by atoms with E-state index in [0.717, 1.165) is 6.07 Å². The van der Waals surface area contributed by atoms with Crippen LogP contribution >= 0.6 is 11.8 Å². The van der Waals surface area contributed by atoms with Gasteiger partial charge in [-0.15, -0.1) is 0 Å². The Morgan fingerprint density at radius 3 is 2.56 bits per heavy atom. The van der Waals surface area contributed by atoms with E-state index < -0.39 is 23.7 Å². The second-order valence-electron chi connectivity index (χ2n) is 4.94. The minimum atomic E-state index is -0.938. The molecule has 2 heterocycles. The van der Waals surface area contributed by atoms with Crippen molar-refractivity contribution in [3.8, 4) is 0 Å². The molecule has 1 N–H and O–H groups in total. The van der Waals surface area contributed by atoms with Crippen LogP contribution in [-0.4, -0.2) is 34.1 Å². The fraction of sp³-hybridized carbons (Fsp3) is 0.0625. The number of nitrogens with one attached hydrogen (secondary N) is 1. The van der Waals surface area contributed by atoms with Gasteiger partial charge in [0.05, 0.1) is 5.69 Å². The molecule has 0 saturated carbocycles. The fourth-order valence-corrected chi connectivity index (χ4v) is 2.50. The van der Waals surface area contributed by atoms with Gasteiger partial charge in [0.1, 0.15) is 11.4 Å². The first-order valence-electron chi connectivity index (χ1n) is 7.02. The van der Waals surface area contributed by atoms with Crippen molar-refractivity contribution in [3.05, 3.63) is 53.6 Å². The van der Waals surface area contributed by atoms with Crippen LogP contribution in [-0.2, 0) is 9.59 Å². The number of urea groups is 1. The summed E-state index contributed by atoms with van der Waals surface area (Å²) in [5, 5.41) is 2.60. The number of imide groups is 2. The van der Waals surface area contributed by atoms with E-state index in [9.17, 15) is 18.8 Å². The SMILES string of the molecule is CSc1ncc(/C=C2/C(=O)NC(=O)N(c3cccc(F)c3)C2=O)cn1. The highest BCUT2D eigenvalue weighted by molar-refractivity contribution is 7.98. The topological polar surface area (TPSA) is 92.3 Å². The third-order valence-electron chi connectivity index (χ3n) is 3.31. The Morgan fingerprint density at radius 2 is 1.92 bits per heavy atom. The van der Waals surface area contributed by atoms with Crippen LogP contribution in [0.4, 0.5) is 14.9 Å². The van der Waals surface area contributed by atoms with Crippen molar-refractivity contribution < 1.29 is 18.8 Å². The van der Waals surface area contributed by atoms with Gasteiger partial charge in [-0.3, -0.25) is 14.9 Å². The monoisotopic (exact) mass is 358 g/mol. The van der Waals surface area contributed by atoms with Gasteiger partial charge >= 0.3 is 6.03 Å². The summed E-state index contributed by atoms with van der Waals surface area (Å²) in [7, 11) is 0. The molecule has 0 unspecified atom stereocenters. The van der Waals surface area contributed by atoms with Gasteiger partial charge in [-0.1, -0.05) is 17.8 Å². The minimum absolute atomic E-state index is 0.0230. The number of carbonyl (C=O) groups is 3. The van der Waals surface area contributed by atoms with Crippen molar-refractivity contribution >= 4 is 41.4 Å². The standard InChI is InChI=1S/C16H11FN4O3S/c1-25-15-18-7-9(8-19-15)5-12-13(22)20-16(24)21(14(12)23)11-4-2-3-10(17)6-11/h2-8H,1H3,(H,20,22,24)/b12-5-. The summed E-state index contributed by atoms with van der Waals surface area (Å²) >= 11 is 1.35. The third kappa shape index (κ3) is 3.41. The zero-order valence-corrected chi connectivity index (χ0v) is 13.7. The molecule has 126 valence electrons. The van der Waals surface area contributed by atoms with Crippen molar-refractivity contribution in [1.29, 1.82) is 0 Å². The summed E-state index contributed by atoms with van der Waals surface area (Å²) in [5.41, 5.74) is 0.170. The molecule has 1 fully saturated rings. The van der Waals surface area contributed by atoms with Crippen molar-refractivity contribution in [3.63, 3.8) is 0 Å². The Labute approximate surface area is 146 Å². The van der Waals surface area contributed by atoms with Gasteiger partial charge < -0.3 is 0 Å². The van der Waals surface area contributed by atoms with Crippen molar-refractivity contribution in [1.82, 2.24) is 15.3 Å². The summed E-state index contributed by atoms with van der Waals surface area (Å²) < 4.78 is 13.4. The smallest absolute Gasteiger partial charge is 0.273 e. The lowest BCUT2D eigenvalue weighted by atomic mass is 10.1. The van der Waals surface area contributed by atoms with Gasteiger partial charge in [0.15, 0.2) is 5.16 Å². The molecule has 0 spiro atoms. The third-order valence-corrected chi connectivity index (χ3v) is 3.89. The number of nitrogens with zero attached hydrogens (tertiary/aromatic N) is 3. The molecule has 1 saturated heterocycles. The first-order valence-corrected chi connectivity index (χ1v) is 8.25. The Morgan fingerprint density at radius 1 is 1.20 bits per heavy atom. The number of thioether (sulfide) groups is 1. The van der Waals surface area contributed by atoms with Gasteiger partial charge in [-0.05, 0) is 30.5 Å². The highest BCUT2D eigenvalue weighted by Gasteiger charge is 2.36. The van der Waals surface area contributed by atoms with Crippen LogP contribution in [0.1, 0.15) is 5.56 Å². The van der Waals surface area contributed by atoms with Crippen LogP contribution in [0.5, 0.6) is 0 Å². The lowest BCUT2D eigenvalue weighted by Gasteiger charge is -2.26. The average molecular weight is 358 g/mol. The number of hydrogen-bond donors (Lipinski definition) is 1. The Balaban J connectivity index is 1.98. The van der Waals surface area contributed by atoms with Crippen LogP contribution in [0.3, 0.4) is 0 Å². The largest absolute Gasteiger partial charge is 0.335 e. The Bertz CT molecular complexity index is 899.